The lowest BCUT2D eigenvalue weighted by Gasteiger charge is -2.13. The van der Waals surface area contributed by atoms with Gasteiger partial charge in [0.25, 0.3) is 0 Å². The fourth-order valence-corrected chi connectivity index (χ4v) is 2.91. The molecule has 2 aromatic carbocycles. The average molecular weight is 334 g/mol. The number of halogens is 4. The summed E-state index contributed by atoms with van der Waals surface area (Å²) in [5, 5.41) is 0.351. The van der Waals surface area contributed by atoms with E-state index in [1.54, 1.807) is 6.07 Å². The molecule has 0 saturated carbocycles. The first-order valence-electron chi connectivity index (χ1n) is 5.68. The Morgan fingerprint density at radius 2 is 1.81 bits per heavy atom. The Kier molecular flexibility index (Phi) is 4.04. The smallest absolute Gasteiger partial charge is 0.224 e. The van der Waals surface area contributed by atoms with Crippen LogP contribution in [-0.4, -0.2) is 14.7 Å². The second-order valence-electron chi connectivity index (χ2n) is 4.40. The molecule has 111 valence electrons. The highest BCUT2D eigenvalue weighted by Gasteiger charge is 2.36. The van der Waals surface area contributed by atoms with Gasteiger partial charge in [0, 0.05) is 11.3 Å². The first-order chi connectivity index (χ1) is 9.59. The van der Waals surface area contributed by atoms with Gasteiger partial charge in [-0.3, -0.25) is 0 Å². The SMILES string of the molecule is CS(=O)(=O)c1ccc(-c2[c]ccc(Cl)c2)cc1C(F)(F)F. The van der Waals surface area contributed by atoms with E-state index < -0.39 is 26.5 Å². The zero-order valence-corrected chi connectivity index (χ0v) is 12.3. The van der Waals surface area contributed by atoms with Crippen LogP contribution in [0.2, 0.25) is 5.02 Å². The number of alkyl halides is 3. The molecule has 0 aliphatic rings. The number of rotatable bonds is 2. The molecule has 0 aromatic heterocycles. The molecular weight excluding hydrogens is 325 g/mol. The van der Waals surface area contributed by atoms with Crippen LogP contribution in [0.3, 0.4) is 0 Å². The summed E-state index contributed by atoms with van der Waals surface area (Å²) in [6.07, 6.45) is -4.03. The summed E-state index contributed by atoms with van der Waals surface area (Å²) in [7, 11) is -3.98. The molecule has 2 rings (SSSR count). The normalized spacial score (nSPS) is 12.4. The quantitative estimate of drug-likeness (QED) is 0.824. The van der Waals surface area contributed by atoms with Crippen molar-refractivity contribution in [1.82, 2.24) is 0 Å². The zero-order valence-electron chi connectivity index (χ0n) is 10.7. The first kappa shape index (κ1) is 15.9. The van der Waals surface area contributed by atoms with E-state index in [-0.39, 0.29) is 5.56 Å². The fourth-order valence-electron chi connectivity index (χ4n) is 1.85. The highest BCUT2D eigenvalue weighted by atomic mass is 35.5. The second-order valence-corrected chi connectivity index (χ2v) is 6.82. The summed E-state index contributed by atoms with van der Waals surface area (Å²) in [6.45, 7) is 0. The molecule has 0 heterocycles. The average Bonchev–Trinajstić information content (AvgIpc) is 2.36. The molecule has 0 bridgehead atoms. The molecule has 0 saturated heterocycles. The van der Waals surface area contributed by atoms with Crippen LogP contribution in [0.15, 0.2) is 41.3 Å². The van der Waals surface area contributed by atoms with Crippen molar-refractivity contribution in [3.63, 3.8) is 0 Å². The molecule has 0 spiro atoms. The summed E-state index contributed by atoms with van der Waals surface area (Å²) >= 11 is 5.79. The predicted molar refractivity (Wildman–Crippen MR) is 73.8 cm³/mol. The van der Waals surface area contributed by atoms with Crippen molar-refractivity contribution < 1.29 is 21.6 Å². The lowest BCUT2D eigenvalue weighted by atomic mass is 10.0. The third-order valence-corrected chi connectivity index (χ3v) is 4.15. The third kappa shape index (κ3) is 3.57. The van der Waals surface area contributed by atoms with Crippen LogP contribution in [0.25, 0.3) is 11.1 Å². The maximum absolute atomic E-state index is 13.1. The Morgan fingerprint density at radius 1 is 1.14 bits per heavy atom. The van der Waals surface area contributed by atoms with E-state index >= 15 is 0 Å². The lowest BCUT2D eigenvalue weighted by Crippen LogP contribution is -2.12. The van der Waals surface area contributed by atoms with E-state index in [0.29, 0.717) is 10.6 Å². The monoisotopic (exact) mass is 333 g/mol. The van der Waals surface area contributed by atoms with E-state index in [1.165, 1.54) is 18.2 Å². The summed E-state index contributed by atoms with van der Waals surface area (Å²) < 4.78 is 62.1. The van der Waals surface area contributed by atoms with Crippen LogP contribution in [0, 0.1) is 6.07 Å². The molecule has 21 heavy (non-hydrogen) atoms. The predicted octanol–water partition coefficient (Wildman–Crippen LogP) is 4.23. The lowest BCUT2D eigenvalue weighted by molar-refractivity contribution is -0.139. The van der Waals surface area contributed by atoms with Gasteiger partial charge in [0.05, 0.1) is 10.5 Å². The topological polar surface area (TPSA) is 34.1 Å². The Labute approximate surface area is 125 Å². The van der Waals surface area contributed by atoms with Gasteiger partial charge in [0.15, 0.2) is 9.84 Å². The molecule has 2 nitrogen and oxygen atoms in total. The van der Waals surface area contributed by atoms with Crippen LogP contribution >= 0.6 is 11.6 Å². The molecule has 0 N–H and O–H groups in total. The molecule has 0 amide bonds. The van der Waals surface area contributed by atoms with Crippen LogP contribution in [-0.2, 0) is 16.0 Å². The summed E-state index contributed by atoms with van der Waals surface area (Å²) in [4.78, 5) is -0.749. The van der Waals surface area contributed by atoms with Crippen molar-refractivity contribution in [2.75, 3.05) is 6.26 Å². The number of hydrogen-bond acceptors (Lipinski definition) is 2. The highest BCUT2D eigenvalue weighted by molar-refractivity contribution is 7.90. The standard InChI is InChI=1S/C14H9ClF3O2S/c1-21(19,20)13-6-5-10(8-12(13)14(16,17)18)9-3-2-4-11(15)7-9/h2,4-8H,1H3. The van der Waals surface area contributed by atoms with Crippen LogP contribution < -0.4 is 0 Å². The third-order valence-electron chi connectivity index (χ3n) is 2.76. The van der Waals surface area contributed by atoms with E-state index in [2.05, 4.69) is 6.07 Å². The van der Waals surface area contributed by atoms with Gasteiger partial charge < -0.3 is 0 Å². The molecule has 0 aliphatic carbocycles. The molecule has 2 aromatic rings. The van der Waals surface area contributed by atoms with Crippen molar-refractivity contribution in [3.05, 3.63) is 53.1 Å². The van der Waals surface area contributed by atoms with Gasteiger partial charge in [-0.25, -0.2) is 8.42 Å². The molecule has 0 atom stereocenters. The minimum absolute atomic E-state index is 0.192. The molecule has 0 fully saturated rings. The second kappa shape index (κ2) is 5.35. The van der Waals surface area contributed by atoms with E-state index in [4.69, 9.17) is 11.6 Å². The Hall–Kier alpha value is -1.53. The minimum Gasteiger partial charge on any atom is -0.224 e. The Balaban J connectivity index is 2.69. The van der Waals surface area contributed by atoms with Crippen molar-refractivity contribution in [2.45, 2.75) is 11.1 Å². The van der Waals surface area contributed by atoms with Crippen LogP contribution in [0.4, 0.5) is 13.2 Å². The number of sulfone groups is 1. The van der Waals surface area contributed by atoms with Crippen molar-refractivity contribution in [3.8, 4) is 11.1 Å². The van der Waals surface area contributed by atoms with Gasteiger partial charge >= 0.3 is 6.18 Å². The van der Waals surface area contributed by atoms with Gasteiger partial charge in [-0.2, -0.15) is 13.2 Å². The summed E-state index contributed by atoms with van der Waals surface area (Å²) in [6, 6.07) is 10.3. The maximum Gasteiger partial charge on any atom is 0.417 e. The largest absolute Gasteiger partial charge is 0.417 e. The summed E-state index contributed by atoms with van der Waals surface area (Å²) in [5.41, 5.74) is -0.652. The summed E-state index contributed by atoms with van der Waals surface area (Å²) in [5.74, 6) is 0. The van der Waals surface area contributed by atoms with Crippen LogP contribution in [0.5, 0.6) is 0 Å². The molecule has 7 heteroatoms. The van der Waals surface area contributed by atoms with Crippen molar-refractivity contribution >= 4 is 21.4 Å². The maximum atomic E-state index is 13.1. The van der Waals surface area contributed by atoms with Gasteiger partial charge in [-0.1, -0.05) is 23.7 Å². The van der Waals surface area contributed by atoms with Gasteiger partial charge in [-0.05, 0) is 41.5 Å². The number of hydrogen-bond donors (Lipinski definition) is 0. The minimum atomic E-state index is -4.77. The Bertz CT molecular complexity index is 783. The van der Waals surface area contributed by atoms with E-state index in [0.717, 1.165) is 18.4 Å². The molecule has 0 unspecified atom stereocenters. The van der Waals surface area contributed by atoms with E-state index in [9.17, 15) is 21.6 Å². The number of benzene rings is 2. The highest BCUT2D eigenvalue weighted by Crippen LogP contribution is 2.37. The molecule has 0 aliphatic heterocycles. The Morgan fingerprint density at radius 3 is 2.33 bits per heavy atom. The van der Waals surface area contributed by atoms with E-state index in [1.807, 2.05) is 0 Å². The molecule has 1 radical (unpaired) electrons. The van der Waals surface area contributed by atoms with Gasteiger partial charge in [0.1, 0.15) is 0 Å². The fraction of sp³-hybridized carbons (Fsp3) is 0.143. The van der Waals surface area contributed by atoms with Gasteiger partial charge in [0.2, 0.25) is 0 Å². The first-order valence-corrected chi connectivity index (χ1v) is 7.95. The zero-order chi connectivity index (χ0) is 15.8. The van der Waals surface area contributed by atoms with Crippen molar-refractivity contribution in [1.29, 1.82) is 0 Å². The molecular formula is C14H9ClF3O2S. The van der Waals surface area contributed by atoms with Crippen molar-refractivity contribution in [2.24, 2.45) is 0 Å². The van der Waals surface area contributed by atoms with Gasteiger partial charge in [-0.15, -0.1) is 0 Å². The van der Waals surface area contributed by atoms with Crippen LogP contribution in [0.1, 0.15) is 5.56 Å².